The lowest BCUT2D eigenvalue weighted by atomic mass is 9.50. The summed E-state index contributed by atoms with van der Waals surface area (Å²) >= 11 is 0. The predicted molar refractivity (Wildman–Crippen MR) is 126 cm³/mol. The molecule has 3 N–H and O–H groups in total. The first kappa shape index (κ1) is 22.5. The summed E-state index contributed by atoms with van der Waals surface area (Å²) in [6.07, 6.45) is -1.09. The molecule has 0 aromatic heterocycles. The van der Waals surface area contributed by atoms with E-state index in [1.165, 1.54) is 6.07 Å². The maximum absolute atomic E-state index is 16.6. The third kappa shape index (κ3) is 2.67. The molecule has 5 atom stereocenters. The van der Waals surface area contributed by atoms with Gasteiger partial charge in [-0.2, -0.15) is 0 Å². The molecule has 0 amide bonds. The molecule has 1 aromatic carbocycles. The first-order valence-corrected chi connectivity index (χ1v) is 10.9. The third-order valence-electron chi connectivity index (χ3n) is 8.15. The number of halogens is 2. The highest BCUT2D eigenvalue weighted by molar-refractivity contribution is 5.85. The molecule has 0 spiro atoms. The Hall–Kier alpha value is -2.66. The minimum absolute atomic E-state index is 0.00839. The Labute approximate surface area is 189 Å². The van der Waals surface area contributed by atoms with Crippen LogP contribution in [-0.2, 0) is 6.42 Å². The van der Waals surface area contributed by atoms with Crippen molar-refractivity contribution < 1.29 is 13.9 Å². The average molecular weight is 439 g/mol. The molecular weight excluding hydrogens is 406 g/mol. The number of aliphatic hydroxyl groups is 1. The molecule has 0 unspecified atom stereocenters. The average Bonchev–Trinajstić information content (AvgIpc) is 2.70. The van der Waals surface area contributed by atoms with Crippen molar-refractivity contribution in [2.75, 3.05) is 14.1 Å². The van der Waals surface area contributed by atoms with Gasteiger partial charge in [0.25, 0.3) is 0 Å². The van der Waals surface area contributed by atoms with Crippen LogP contribution < -0.4 is 5.73 Å². The molecule has 0 heterocycles. The van der Waals surface area contributed by atoms with Crippen LogP contribution in [-0.4, -0.2) is 36.3 Å². The number of benzene rings is 1. The number of nitrogens with zero attached hydrogens (tertiary/aromatic N) is 1. The second kappa shape index (κ2) is 7.17. The van der Waals surface area contributed by atoms with Crippen LogP contribution in [0.2, 0.25) is 0 Å². The molecule has 0 bridgehead atoms. The molecule has 0 saturated carbocycles. The fraction of sp³-hybridized carbons (Fsp3) is 0.407. The maximum Gasteiger partial charge on any atom is 0.127 e. The van der Waals surface area contributed by atoms with Crippen LogP contribution in [0.3, 0.4) is 0 Å². The van der Waals surface area contributed by atoms with Gasteiger partial charge in [-0.1, -0.05) is 38.3 Å². The van der Waals surface area contributed by atoms with Gasteiger partial charge in [-0.3, -0.25) is 4.90 Å². The number of hydrogen-bond acceptors (Lipinski definition) is 3. The number of hydrogen-bond donors (Lipinski definition) is 2. The zero-order chi connectivity index (χ0) is 23.9. The van der Waals surface area contributed by atoms with Crippen LogP contribution in [0.25, 0.3) is 5.57 Å². The Morgan fingerprint density at radius 3 is 2.44 bits per heavy atom. The first-order chi connectivity index (χ1) is 14.8. The van der Waals surface area contributed by atoms with E-state index in [1.807, 2.05) is 39.8 Å². The highest BCUT2D eigenvalue weighted by Crippen LogP contribution is 2.62. The van der Waals surface area contributed by atoms with Crippen molar-refractivity contribution in [1.29, 1.82) is 0 Å². The summed E-state index contributed by atoms with van der Waals surface area (Å²) in [6, 6.07) is 2.57. The van der Waals surface area contributed by atoms with E-state index in [0.29, 0.717) is 22.3 Å². The lowest BCUT2D eigenvalue weighted by Gasteiger charge is -2.57. The number of aryl methyl sites for hydroxylation is 1. The van der Waals surface area contributed by atoms with Gasteiger partial charge >= 0.3 is 0 Å². The number of rotatable bonds is 2. The van der Waals surface area contributed by atoms with Gasteiger partial charge in [-0.15, -0.1) is 0 Å². The van der Waals surface area contributed by atoms with E-state index in [1.54, 1.807) is 6.07 Å². The summed E-state index contributed by atoms with van der Waals surface area (Å²) in [7, 11) is 3.62. The van der Waals surface area contributed by atoms with Gasteiger partial charge < -0.3 is 10.8 Å². The number of nitrogens with two attached hydrogens (primary N) is 1. The highest BCUT2D eigenvalue weighted by Gasteiger charge is 2.60. The predicted octanol–water partition coefficient (Wildman–Crippen LogP) is 5.39. The van der Waals surface area contributed by atoms with Crippen molar-refractivity contribution in [3.8, 4) is 0 Å². The van der Waals surface area contributed by atoms with Crippen LogP contribution in [0.4, 0.5) is 8.78 Å². The number of allylic oxidation sites excluding steroid dienone is 4. The van der Waals surface area contributed by atoms with E-state index in [-0.39, 0.29) is 23.7 Å². The molecule has 0 saturated heterocycles. The molecule has 32 heavy (non-hydrogen) atoms. The van der Waals surface area contributed by atoms with Crippen molar-refractivity contribution in [2.45, 2.75) is 39.4 Å². The Morgan fingerprint density at radius 1 is 1.25 bits per heavy atom. The quantitative estimate of drug-likeness (QED) is 0.650. The molecule has 5 heteroatoms. The van der Waals surface area contributed by atoms with Gasteiger partial charge in [0.1, 0.15) is 17.7 Å². The summed E-state index contributed by atoms with van der Waals surface area (Å²) in [5.41, 5.74) is 11.1. The molecule has 0 fully saturated rings. The molecule has 170 valence electrons. The van der Waals surface area contributed by atoms with Crippen molar-refractivity contribution in [3.63, 3.8) is 0 Å². The molecular formula is C27H32F2N2O. The summed E-state index contributed by atoms with van der Waals surface area (Å²) in [6.45, 7) is 18.3. The largest absolute Gasteiger partial charge is 0.510 e. The van der Waals surface area contributed by atoms with Gasteiger partial charge in [0.2, 0.25) is 0 Å². The molecule has 0 radical (unpaired) electrons. The topological polar surface area (TPSA) is 49.5 Å². The molecule has 3 nitrogen and oxygen atoms in total. The van der Waals surface area contributed by atoms with Crippen molar-refractivity contribution in [2.24, 2.45) is 23.0 Å². The van der Waals surface area contributed by atoms with Gasteiger partial charge in [-0.05, 0) is 73.8 Å². The zero-order valence-corrected chi connectivity index (χ0v) is 19.5. The van der Waals surface area contributed by atoms with E-state index < -0.39 is 29.5 Å². The summed E-state index contributed by atoms with van der Waals surface area (Å²) in [4.78, 5) is 1.81. The van der Waals surface area contributed by atoms with E-state index in [2.05, 4.69) is 19.7 Å². The smallest absolute Gasteiger partial charge is 0.127 e. The minimum atomic E-state index is -1.34. The van der Waals surface area contributed by atoms with Gasteiger partial charge in [0.15, 0.2) is 0 Å². The Kier molecular flexibility index (Phi) is 5.05. The maximum atomic E-state index is 16.6. The Morgan fingerprint density at radius 2 is 1.88 bits per heavy atom. The SMILES string of the molecule is C=C(N)C1=C(O)[C@@H](N(C)C)[C@@H]2[C@@H](F)[C@@H]3Cc4c(F)ccc(C)c4C(=C)C3=C(C)[C@]2(C)C1=C. The second-order valence-corrected chi connectivity index (χ2v) is 9.89. The van der Waals surface area contributed by atoms with Gasteiger partial charge in [0.05, 0.1) is 6.04 Å². The molecule has 0 aliphatic heterocycles. The number of likely N-dealkylation sites (N-methyl/N-ethyl adjacent to an activating group) is 1. The van der Waals surface area contributed by atoms with E-state index in [4.69, 9.17) is 5.73 Å². The van der Waals surface area contributed by atoms with Crippen LogP contribution in [0.5, 0.6) is 0 Å². The van der Waals surface area contributed by atoms with Crippen LogP contribution in [0.15, 0.2) is 65.6 Å². The van der Waals surface area contributed by atoms with E-state index in [9.17, 15) is 9.50 Å². The van der Waals surface area contributed by atoms with Crippen molar-refractivity contribution >= 4 is 5.57 Å². The van der Waals surface area contributed by atoms with Gasteiger partial charge in [-0.25, -0.2) is 8.78 Å². The fourth-order valence-electron chi connectivity index (χ4n) is 6.49. The van der Waals surface area contributed by atoms with Crippen molar-refractivity contribution in [1.82, 2.24) is 4.90 Å². The van der Waals surface area contributed by atoms with E-state index >= 15 is 4.39 Å². The summed E-state index contributed by atoms with van der Waals surface area (Å²) in [5.74, 6) is -1.50. The number of aliphatic hydroxyl groups excluding tert-OH is 1. The lowest BCUT2D eigenvalue weighted by Crippen LogP contribution is -2.58. The highest BCUT2D eigenvalue weighted by atomic mass is 19.1. The van der Waals surface area contributed by atoms with Crippen LogP contribution in [0.1, 0.15) is 30.5 Å². The third-order valence-corrected chi connectivity index (χ3v) is 8.15. The summed E-state index contributed by atoms with van der Waals surface area (Å²) < 4.78 is 31.4. The van der Waals surface area contributed by atoms with E-state index in [0.717, 1.165) is 22.3 Å². The molecule has 4 rings (SSSR count). The standard InChI is InChI=1S/C27H32F2N2O/c1-12-9-10-19(28)17-11-18-21(13(2)20(12)17)14(3)27(6)15(4)22(16(5)30)26(32)25(31(7)8)23(27)24(18)29/h9-10,18,23-25,32H,2,4-5,11,30H2,1,3,6-8H3/t18-,23+,24+,25+,27-/m1/s1. The minimum Gasteiger partial charge on any atom is -0.510 e. The Balaban J connectivity index is 2.03. The molecule has 3 aliphatic carbocycles. The zero-order valence-electron chi connectivity index (χ0n) is 19.5. The normalized spacial score (nSPS) is 32.1. The van der Waals surface area contributed by atoms with Gasteiger partial charge in [0, 0.05) is 28.5 Å². The number of fused-ring (bicyclic) bond motifs is 3. The second-order valence-electron chi connectivity index (χ2n) is 9.89. The van der Waals surface area contributed by atoms with Crippen LogP contribution in [0, 0.1) is 30.0 Å². The lowest BCUT2D eigenvalue weighted by molar-refractivity contribution is 0.0103. The fourth-order valence-corrected chi connectivity index (χ4v) is 6.49. The molecule has 1 aromatic rings. The Bertz CT molecular complexity index is 1140. The summed E-state index contributed by atoms with van der Waals surface area (Å²) in [5, 5.41) is 11.2. The first-order valence-electron chi connectivity index (χ1n) is 10.9. The number of alkyl halides is 1. The van der Waals surface area contributed by atoms with Crippen LogP contribution >= 0.6 is 0 Å². The van der Waals surface area contributed by atoms with Crippen molar-refractivity contribution in [3.05, 3.63) is 88.1 Å². The monoisotopic (exact) mass is 438 g/mol. The molecule has 3 aliphatic rings.